The molecule has 0 aliphatic carbocycles. The summed E-state index contributed by atoms with van der Waals surface area (Å²) < 4.78 is 13.1. The SMILES string of the molecule is CCOc1ccc(Oc2ccccc2NC(=O)CCc2c(C)nc3ncnn3c2C)cc1. The number of rotatable bonds is 8. The van der Waals surface area contributed by atoms with Gasteiger partial charge in [0.2, 0.25) is 5.91 Å². The third kappa shape index (κ3) is 4.69. The van der Waals surface area contributed by atoms with Crippen molar-refractivity contribution in [1.29, 1.82) is 0 Å². The summed E-state index contributed by atoms with van der Waals surface area (Å²) in [6.45, 7) is 6.44. The maximum Gasteiger partial charge on any atom is 0.252 e. The van der Waals surface area contributed by atoms with E-state index in [2.05, 4.69) is 20.4 Å². The van der Waals surface area contributed by atoms with Crippen molar-refractivity contribution in [3.63, 3.8) is 0 Å². The van der Waals surface area contributed by atoms with Crippen LogP contribution in [-0.4, -0.2) is 32.1 Å². The van der Waals surface area contributed by atoms with Crippen LogP contribution in [-0.2, 0) is 11.2 Å². The average Bonchev–Trinajstić information content (AvgIpc) is 3.25. The van der Waals surface area contributed by atoms with Crippen molar-refractivity contribution in [3.8, 4) is 17.2 Å². The Labute approximate surface area is 186 Å². The van der Waals surface area contributed by atoms with E-state index in [1.54, 1.807) is 4.52 Å². The molecular formula is C24H25N5O3. The molecule has 2 aromatic heterocycles. The molecule has 8 nitrogen and oxygen atoms in total. The molecule has 1 amide bonds. The van der Waals surface area contributed by atoms with E-state index in [4.69, 9.17) is 9.47 Å². The van der Waals surface area contributed by atoms with Gasteiger partial charge in [-0.25, -0.2) is 9.50 Å². The fourth-order valence-electron chi connectivity index (χ4n) is 3.52. The lowest BCUT2D eigenvalue weighted by Crippen LogP contribution is -2.14. The standard InChI is InChI=1S/C24H25N5O3/c1-4-31-18-9-11-19(12-10-18)32-22-8-6-5-7-21(22)28-23(30)14-13-20-16(2)27-24-25-15-26-29(24)17(20)3/h5-12,15H,4,13-14H2,1-3H3,(H,28,30). The maximum atomic E-state index is 12.7. The minimum Gasteiger partial charge on any atom is -0.494 e. The molecule has 0 aliphatic rings. The molecule has 4 rings (SSSR count). The number of ether oxygens (including phenoxy) is 2. The second kappa shape index (κ2) is 9.47. The predicted octanol–water partition coefficient (Wildman–Crippen LogP) is 4.50. The van der Waals surface area contributed by atoms with Gasteiger partial charge in [0, 0.05) is 17.8 Å². The summed E-state index contributed by atoms with van der Waals surface area (Å²) in [5.41, 5.74) is 3.41. The second-order valence-corrected chi connectivity index (χ2v) is 7.28. The van der Waals surface area contributed by atoms with Gasteiger partial charge >= 0.3 is 0 Å². The number of nitrogens with one attached hydrogen (secondary N) is 1. The largest absolute Gasteiger partial charge is 0.494 e. The Morgan fingerprint density at radius 1 is 1.06 bits per heavy atom. The second-order valence-electron chi connectivity index (χ2n) is 7.28. The zero-order chi connectivity index (χ0) is 22.5. The van der Waals surface area contributed by atoms with Crippen LogP contribution in [0.2, 0.25) is 0 Å². The number of aryl methyl sites for hydroxylation is 2. The van der Waals surface area contributed by atoms with Gasteiger partial charge in [0.25, 0.3) is 5.78 Å². The first-order valence-electron chi connectivity index (χ1n) is 10.5. The first kappa shape index (κ1) is 21.3. The van der Waals surface area contributed by atoms with Crippen molar-refractivity contribution >= 4 is 17.4 Å². The third-order valence-corrected chi connectivity index (χ3v) is 5.11. The topological polar surface area (TPSA) is 90.6 Å². The lowest BCUT2D eigenvalue weighted by atomic mass is 10.1. The molecule has 0 unspecified atom stereocenters. The van der Waals surface area contributed by atoms with Crippen molar-refractivity contribution in [3.05, 3.63) is 71.8 Å². The molecule has 0 saturated carbocycles. The highest BCUT2D eigenvalue weighted by atomic mass is 16.5. The van der Waals surface area contributed by atoms with Crippen molar-refractivity contribution < 1.29 is 14.3 Å². The quantitative estimate of drug-likeness (QED) is 0.442. The molecule has 32 heavy (non-hydrogen) atoms. The van der Waals surface area contributed by atoms with Crippen LogP contribution in [0.1, 0.15) is 30.3 Å². The van der Waals surface area contributed by atoms with Gasteiger partial charge in [-0.15, -0.1) is 0 Å². The molecule has 2 heterocycles. The Morgan fingerprint density at radius 2 is 1.81 bits per heavy atom. The van der Waals surface area contributed by atoms with Crippen LogP contribution in [0.15, 0.2) is 54.9 Å². The van der Waals surface area contributed by atoms with Gasteiger partial charge in [-0.1, -0.05) is 12.1 Å². The van der Waals surface area contributed by atoms with Crippen LogP contribution in [0.25, 0.3) is 5.78 Å². The summed E-state index contributed by atoms with van der Waals surface area (Å²) >= 11 is 0. The lowest BCUT2D eigenvalue weighted by Gasteiger charge is -2.13. The lowest BCUT2D eigenvalue weighted by molar-refractivity contribution is -0.116. The fraction of sp³-hybridized carbons (Fsp3) is 0.250. The van der Waals surface area contributed by atoms with Crippen LogP contribution >= 0.6 is 0 Å². The molecule has 0 spiro atoms. The van der Waals surface area contributed by atoms with Crippen LogP contribution in [0.4, 0.5) is 5.69 Å². The number of amides is 1. The van der Waals surface area contributed by atoms with E-state index in [9.17, 15) is 4.79 Å². The van der Waals surface area contributed by atoms with E-state index < -0.39 is 0 Å². The highest BCUT2D eigenvalue weighted by Crippen LogP contribution is 2.30. The van der Waals surface area contributed by atoms with E-state index in [0.29, 0.717) is 42.4 Å². The van der Waals surface area contributed by atoms with Gasteiger partial charge in [0.15, 0.2) is 5.75 Å². The van der Waals surface area contributed by atoms with Crippen molar-refractivity contribution in [1.82, 2.24) is 19.6 Å². The van der Waals surface area contributed by atoms with Crippen molar-refractivity contribution in [2.45, 2.75) is 33.6 Å². The Bertz CT molecular complexity index is 1230. The molecule has 1 N–H and O–H groups in total. The number of hydrogen-bond acceptors (Lipinski definition) is 6. The van der Waals surface area contributed by atoms with Crippen LogP contribution < -0.4 is 14.8 Å². The Hall–Kier alpha value is -3.94. The molecule has 8 heteroatoms. The number of benzene rings is 2. The normalized spacial score (nSPS) is 10.8. The smallest absolute Gasteiger partial charge is 0.252 e. The molecule has 0 atom stereocenters. The molecule has 0 bridgehead atoms. The number of hydrogen-bond donors (Lipinski definition) is 1. The summed E-state index contributed by atoms with van der Waals surface area (Å²) in [4.78, 5) is 21.3. The molecular weight excluding hydrogens is 406 g/mol. The van der Waals surface area contributed by atoms with E-state index in [1.807, 2.05) is 69.3 Å². The zero-order valence-electron chi connectivity index (χ0n) is 18.3. The zero-order valence-corrected chi connectivity index (χ0v) is 18.3. The number of fused-ring (bicyclic) bond motifs is 1. The average molecular weight is 431 g/mol. The summed E-state index contributed by atoms with van der Waals surface area (Å²) in [5.74, 6) is 2.47. The number of carbonyl (C=O) groups is 1. The molecule has 0 aliphatic heterocycles. The molecule has 2 aromatic carbocycles. The van der Waals surface area contributed by atoms with Gasteiger partial charge in [0.1, 0.15) is 17.8 Å². The molecule has 0 fully saturated rings. The number of aromatic nitrogens is 4. The van der Waals surface area contributed by atoms with E-state index >= 15 is 0 Å². The number of para-hydroxylation sites is 2. The monoisotopic (exact) mass is 431 g/mol. The summed E-state index contributed by atoms with van der Waals surface area (Å²) in [7, 11) is 0. The first-order chi connectivity index (χ1) is 15.5. The van der Waals surface area contributed by atoms with E-state index in [1.165, 1.54) is 6.33 Å². The highest BCUT2D eigenvalue weighted by molar-refractivity contribution is 5.92. The summed E-state index contributed by atoms with van der Waals surface area (Å²) in [6.07, 6.45) is 2.34. The van der Waals surface area contributed by atoms with Gasteiger partial charge in [-0.05, 0) is 69.2 Å². The summed E-state index contributed by atoms with van der Waals surface area (Å²) in [6, 6.07) is 14.7. The Morgan fingerprint density at radius 3 is 2.59 bits per heavy atom. The number of nitrogens with zero attached hydrogens (tertiary/aromatic N) is 4. The molecule has 4 aromatic rings. The summed E-state index contributed by atoms with van der Waals surface area (Å²) in [5, 5.41) is 7.16. The first-order valence-corrected chi connectivity index (χ1v) is 10.5. The third-order valence-electron chi connectivity index (χ3n) is 5.11. The van der Waals surface area contributed by atoms with Gasteiger partial charge in [0.05, 0.1) is 12.3 Å². The van der Waals surface area contributed by atoms with Gasteiger partial charge in [-0.3, -0.25) is 4.79 Å². The van der Waals surface area contributed by atoms with Gasteiger partial charge in [-0.2, -0.15) is 10.1 Å². The minimum atomic E-state index is -0.106. The van der Waals surface area contributed by atoms with Crippen molar-refractivity contribution in [2.24, 2.45) is 0 Å². The van der Waals surface area contributed by atoms with E-state index in [0.717, 1.165) is 22.7 Å². The van der Waals surface area contributed by atoms with Crippen molar-refractivity contribution in [2.75, 3.05) is 11.9 Å². The Balaban J connectivity index is 1.43. The van der Waals surface area contributed by atoms with Crippen LogP contribution in [0.5, 0.6) is 17.2 Å². The minimum absolute atomic E-state index is 0.106. The van der Waals surface area contributed by atoms with Crippen LogP contribution in [0, 0.1) is 13.8 Å². The highest BCUT2D eigenvalue weighted by Gasteiger charge is 2.14. The molecule has 164 valence electrons. The number of anilines is 1. The van der Waals surface area contributed by atoms with Gasteiger partial charge < -0.3 is 14.8 Å². The molecule has 0 saturated heterocycles. The Kier molecular flexibility index (Phi) is 6.30. The maximum absolute atomic E-state index is 12.7. The van der Waals surface area contributed by atoms with Crippen LogP contribution in [0.3, 0.4) is 0 Å². The number of carbonyl (C=O) groups excluding carboxylic acids is 1. The fourth-order valence-corrected chi connectivity index (χ4v) is 3.52. The van der Waals surface area contributed by atoms with E-state index in [-0.39, 0.29) is 5.91 Å². The predicted molar refractivity (Wildman–Crippen MR) is 121 cm³/mol. The molecule has 0 radical (unpaired) electrons.